The van der Waals surface area contributed by atoms with E-state index in [-0.39, 0.29) is 0 Å². The molecule has 0 spiro atoms. The van der Waals surface area contributed by atoms with E-state index in [9.17, 15) is 0 Å². The summed E-state index contributed by atoms with van der Waals surface area (Å²) in [5, 5.41) is 3.44. The molecule has 0 atom stereocenters. The Morgan fingerprint density at radius 3 is 2.62 bits per heavy atom. The zero-order chi connectivity index (χ0) is 11.8. The van der Waals surface area contributed by atoms with Crippen molar-refractivity contribution in [2.45, 2.75) is 27.2 Å². The highest BCUT2D eigenvalue weighted by Gasteiger charge is 2.02. The van der Waals surface area contributed by atoms with E-state index in [1.54, 1.807) is 0 Å². The lowest BCUT2D eigenvalue weighted by Crippen LogP contribution is -2.32. The lowest BCUT2D eigenvalue weighted by molar-refractivity contribution is 0.654. The van der Waals surface area contributed by atoms with Crippen molar-refractivity contribution in [3.05, 3.63) is 29.8 Å². The molecule has 0 aliphatic rings. The molecule has 0 unspecified atom stereocenters. The largest absolute Gasteiger partial charge is 0.371 e. The van der Waals surface area contributed by atoms with Gasteiger partial charge >= 0.3 is 0 Å². The van der Waals surface area contributed by atoms with Crippen LogP contribution in [0.15, 0.2) is 24.3 Å². The molecular formula is C14H24N2. The summed E-state index contributed by atoms with van der Waals surface area (Å²) >= 11 is 0. The van der Waals surface area contributed by atoms with Crippen molar-refractivity contribution in [3.8, 4) is 0 Å². The zero-order valence-corrected chi connectivity index (χ0v) is 10.8. The van der Waals surface area contributed by atoms with Crippen LogP contribution < -0.4 is 10.2 Å². The molecule has 0 saturated carbocycles. The van der Waals surface area contributed by atoms with Gasteiger partial charge in [0.15, 0.2) is 0 Å². The fraction of sp³-hybridized carbons (Fsp3) is 0.571. The number of likely N-dealkylation sites (N-methyl/N-ethyl adjacent to an activating group) is 1. The van der Waals surface area contributed by atoms with Crippen LogP contribution in [0.3, 0.4) is 0 Å². The van der Waals surface area contributed by atoms with Crippen molar-refractivity contribution in [3.63, 3.8) is 0 Å². The highest BCUT2D eigenvalue weighted by molar-refractivity contribution is 5.48. The number of nitrogens with one attached hydrogen (secondary N) is 1. The first-order valence-corrected chi connectivity index (χ1v) is 6.30. The molecule has 1 rings (SSSR count). The van der Waals surface area contributed by atoms with Gasteiger partial charge in [0.2, 0.25) is 0 Å². The van der Waals surface area contributed by atoms with Gasteiger partial charge in [0.25, 0.3) is 0 Å². The van der Waals surface area contributed by atoms with E-state index in [0.717, 1.165) is 26.2 Å². The number of hydrogen-bond donors (Lipinski definition) is 1. The highest BCUT2D eigenvalue weighted by atomic mass is 15.1. The second kappa shape index (κ2) is 7.29. The van der Waals surface area contributed by atoms with E-state index in [2.05, 4.69) is 55.3 Å². The molecule has 0 aliphatic carbocycles. The van der Waals surface area contributed by atoms with Gasteiger partial charge in [0, 0.05) is 25.3 Å². The molecule has 16 heavy (non-hydrogen) atoms. The summed E-state index contributed by atoms with van der Waals surface area (Å²) < 4.78 is 0. The van der Waals surface area contributed by atoms with Crippen LogP contribution in [0.5, 0.6) is 0 Å². The molecule has 0 radical (unpaired) electrons. The normalized spacial score (nSPS) is 10.4. The van der Waals surface area contributed by atoms with Gasteiger partial charge in [-0.05, 0) is 44.5 Å². The van der Waals surface area contributed by atoms with Crippen LogP contribution in [0.2, 0.25) is 0 Å². The summed E-state index contributed by atoms with van der Waals surface area (Å²) in [7, 11) is 0. The average molecular weight is 220 g/mol. The number of aryl methyl sites for hydroxylation is 1. The Labute approximate surface area is 99.7 Å². The van der Waals surface area contributed by atoms with Crippen LogP contribution in [-0.2, 0) is 0 Å². The lowest BCUT2D eigenvalue weighted by Gasteiger charge is -2.23. The van der Waals surface area contributed by atoms with Crippen LogP contribution in [-0.4, -0.2) is 26.2 Å². The van der Waals surface area contributed by atoms with Crippen LogP contribution in [0.25, 0.3) is 0 Å². The van der Waals surface area contributed by atoms with E-state index in [1.807, 2.05) is 0 Å². The average Bonchev–Trinajstić information content (AvgIpc) is 2.29. The standard InChI is InChI=1S/C14H24N2/c1-4-9-15-10-11-16(5-2)14-8-6-7-13(3)12-14/h6-8,12,15H,4-5,9-11H2,1-3H3. The molecule has 2 heteroatoms. The molecule has 0 amide bonds. The van der Waals surface area contributed by atoms with Gasteiger partial charge in [-0.3, -0.25) is 0 Å². The molecular weight excluding hydrogens is 196 g/mol. The Balaban J connectivity index is 2.47. The molecule has 0 bridgehead atoms. The predicted molar refractivity (Wildman–Crippen MR) is 72.2 cm³/mol. The number of nitrogens with zero attached hydrogens (tertiary/aromatic N) is 1. The van der Waals surface area contributed by atoms with E-state index >= 15 is 0 Å². The maximum Gasteiger partial charge on any atom is 0.0369 e. The third-order valence-electron chi connectivity index (χ3n) is 2.73. The zero-order valence-electron chi connectivity index (χ0n) is 10.8. The minimum absolute atomic E-state index is 1.07. The lowest BCUT2D eigenvalue weighted by atomic mass is 10.2. The maximum absolute atomic E-state index is 3.44. The monoisotopic (exact) mass is 220 g/mol. The Morgan fingerprint density at radius 2 is 2.00 bits per heavy atom. The Morgan fingerprint density at radius 1 is 1.19 bits per heavy atom. The number of benzene rings is 1. The van der Waals surface area contributed by atoms with Gasteiger partial charge in [-0.2, -0.15) is 0 Å². The van der Waals surface area contributed by atoms with Gasteiger partial charge < -0.3 is 10.2 Å². The van der Waals surface area contributed by atoms with Gasteiger partial charge in [-0.1, -0.05) is 19.1 Å². The maximum atomic E-state index is 3.44. The Bertz CT molecular complexity index is 297. The minimum atomic E-state index is 1.07. The van der Waals surface area contributed by atoms with E-state index in [4.69, 9.17) is 0 Å². The summed E-state index contributed by atoms with van der Waals surface area (Å²) in [6.45, 7) is 10.9. The second-order valence-electron chi connectivity index (χ2n) is 4.17. The molecule has 2 nitrogen and oxygen atoms in total. The summed E-state index contributed by atoms with van der Waals surface area (Å²) in [6.07, 6.45) is 1.20. The van der Waals surface area contributed by atoms with Crippen molar-refractivity contribution in [2.24, 2.45) is 0 Å². The SMILES string of the molecule is CCCNCCN(CC)c1cccc(C)c1. The first kappa shape index (κ1) is 13.0. The Kier molecular flexibility index (Phi) is 5.94. The molecule has 0 aromatic heterocycles. The second-order valence-corrected chi connectivity index (χ2v) is 4.17. The van der Waals surface area contributed by atoms with Gasteiger partial charge in [-0.25, -0.2) is 0 Å². The smallest absolute Gasteiger partial charge is 0.0369 e. The quantitative estimate of drug-likeness (QED) is 0.711. The summed E-state index contributed by atoms with van der Waals surface area (Å²) in [5.74, 6) is 0. The van der Waals surface area contributed by atoms with E-state index < -0.39 is 0 Å². The fourth-order valence-corrected chi connectivity index (χ4v) is 1.81. The van der Waals surface area contributed by atoms with Crippen LogP contribution in [0.1, 0.15) is 25.8 Å². The molecule has 0 heterocycles. The van der Waals surface area contributed by atoms with Crippen LogP contribution in [0.4, 0.5) is 5.69 Å². The topological polar surface area (TPSA) is 15.3 Å². The first-order chi connectivity index (χ1) is 7.77. The molecule has 1 aromatic carbocycles. The molecule has 1 aromatic rings. The number of rotatable bonds is 7. The van der Waals surface area contributed by atoms with Gasteiger partial charge in [0.1, 0.15) is 0 Å². The molecule has 0 fully saturated rings. The summed E-state index contributed by atoms with van der Waals surface area (Å²) in [4.78, 5) is 2.41. The van der Waals surface area contributed by atoms with Crippen LogP contribution in [0, 0.1) is 6.92 Å². The third kappa shape index (κ3) is 4.23. The molecule has 0 saturated heterocycles. The Hall–Kier alpha value is -1.02. The fourth-order valence-electron chi connectivity index (χ4n) is 1.81. The molecule has 1 N–H and O–H groups in total. The van der Waals surface area contributed by atoms with Crippen LogP contribution >= 0.6 is 0 Å². The predicted octanol–water partition coefficient (Wildman–Crippen LogP) is 2.82. The van der Waals surface area contributed by atoms with Crippen molar-refractivity contribution >= 4 is 5.69 Å². The highest BCUT2D eigenvalue weighted by Crippen LogP contribution is 2.14. The van der Waals surface area contributed by atoms with Crippen molar-refractivity contribution in [1.29, 1.82) is 0 Å². The van der Waals surface area contributed by atoms with Crippen molar-refractivity contribution < 1.29 is 0 Å². The first-order valence-electron chi connectivity index (χ1n) is 6.30. The summed E-state index contributed by atoms with van der Waals surface area (Å²) in [6, 6.07) is 8.72. The van der Waals surface area contributed by atoms with Gasteiger partial charge in [0.05, 0.1) is 0 Å². The van der Waals surface area contributed by atoms with Crippen molar-refractivity contribution in [2.75, 3.05) is 31.1 Å². The van der Waals surface area contributed by atoms with Gasteiger partial charge in [-0.15, -0.1) is 0 Å². The van der Waals surface area contributed by atoms with E-state index in [1.165, 1.54) is 17.7 Å². The summed E-state index contributed by atoms with van der Waals surface area (Å²) in [5.41, 5.74) is 2.67. The minimum Gasteiger partial charge on any atom is -0.371 e. The third-order valence-corrected chi connectivity index (χ3v) is 2.73. The van der Waals surface area contributed by atoms with E-state index in [0.29, 0.717) is 0 Å². The molecule has 0 aliphatic heterocycles. The number of hydrogen-bond acceptors (Lipinski definition) is 2. The molecule has 90 valence electrons. The number of anilines is 1. The van der Waals surface area contributed by atoms with Crippen molar-refractivity contribution in [1.82, 2.24) is 5.32 Å².